The number of halogens is 1. The van der Waals surface area contributed by atoms with Crippen LogP contribution in [0.2, 0.25) is 0 Å². The quantitative estimate of drug-likeness (QED) is 0.346. The fourth-order valence-electron chi connectivity index (χ4n) is 2.15. The summed E-state index contributed by atoms with van der Waals surface area (Å²) < 4.78 is 24.4. The van der Waals surface area contributed by atoms with E-state index < -0.39 is 0 Å². The van der Waals surface area contributed by atoms with Crippen molar-refractivity contribution < 1.29 is 13.9 Å². The van der Waals surface area contributed by atoms with E-state index in [-0.39, 0.29) is 11.7 Å². The van der Waals surface area contributed by atoms with Gasteiger partial charge in [0.1, 0.15) is 11.6 Å². The predicted molar refractivity (Wildman–Crippen MR) is 90.2 cm³/mol. The Bertz CT molecular complexity index is 496. The van der Waals surface area contributed by atoms with Crippen LogP contribution in [0, 0.1) is 5.92 Å². The molecular formula is C19H27FO2. The van der Waals surface area contributed by atoms with Crippen LogP contribution >= 0.6 is 0 Å². The molecule has 1 aliphatic rings. The molecular weight excluding hydrogens is 279 g/mol. The van der Waals surface area contributed by atoms with Gasteiger partial charge in [0.2, 0.25) is 0 Å². The summed E-state index contributed by atoms with van der Waals surface area (Å²) in [5, 5.41) is 0. The van der Waals surface area contributed by atoms with E-state index in [1.54, 1.807) is 6.08 Å². The zero-order chi connectivity index (χ0) is 16.4. The lowest BCUT2D eigenvalue weighted by Crippen LogP contribution is -2.06. The molecule has 0 heterocycles. The van der Waals surface area contributed by atoms with E-state index >= 15 is 0 Å². The number of ether oxygens (including phenoxy) is 2. The van der Waals surface area contributed by atoms with Gasteiger partial charge in [0.05, 0.1) is 13.2 Å². The van der Waals surface area contributed by atoms with Crippen LogP contribution in [0.15, 0.2) is 59.2 Å². The van der Waals surface area contributed by atoms with Crippen molar-refractivity contribution in [2.45, 2.75) is 34.1 Å². The van der Waals surface area contributed by atoms with Crippen LogP contribution in [-0.2, 0) is 9.47 Å². The van der Waals surface area contributed by atoms with Crippen molar-refractivity contribution in [1.82, 2.24) is 0 Å². The predicted octanol–water partition coefficient (Wildman–Crippen LogP) is 5.27. The molecule has 0 radical (unpaired) electrons. The molecule has 0 bridgehead atoms. The first-order chi connectivity index (χ1) is 10.6. The Balaban J connectivity index is 2.87. The minimum atomic E-state index is -0.187. The molecule has 0 N–H and O–H groups in total. The summed E-state index contributed by atoms with van der Waals surface area (Å²) in [6.45, 7) is 9.98. The molecule has 22 heavy (non-hydrogen) atoms. The zero-order valence-electron chi connectivity index (χ0n) is 14.1. The molecule has 0 aromatic heterocycles. The number of hydrogen-bond acceptors (Lipinski definition) is 2. The van der Waals surface area contributed by atoms with E-state index in [0.29, 0.717) is 26.2 Å². The topological polar surface area (TPSA) is 18.5 Å². The summed E-state index contributed by atoms with van der Waals surface area (Å²) in [5.74, 6) is 0.796. The molecule has 3 heteroatoms. The summed E-state index contributed by atoms with van der Waals surface area (Å²) in [5.41, 5.74) is 2.17. The third kappa shape index (κ3) is 6.44. The largest absolute Gasteiger partial charge is 0.498 e. The highest BCUT2D eigenvalue weighted by molar-refractivity contribution is 5.35. The molecule has 1 atom stereocenters. The standard InChI is InChI=1S/C19H27FO2/c1-5-21-13-12-15(3)14-19(22-6-2)16(4)17-8-7-9-18(20)11-10-17/h8-12,14,16H,5-7,13H2,1-4H3/b15-12-,19-14+. The van der Waals surface area contributed by atoms with Crippen LogP contribution < -0.4 is 0 Å². The maximum Gasteiger partial charge on any atom is 0.119 e. The summed E-state index contributed by atoms with van der Waals surface area (Å²) in [4.78, 5) is 0. The fourth-order valence-corrected chi connectivity index (χ4v) is 2.15. The molecule has 0 aromatic carbocycles. The Kier molecular flexibility index (Phi) is 8.53. The van der Waals surface area contributed by atoms with E-state index in [2.05, 4.69) is 6.92 Å². The van der Waals surface area contributed by atoms with Gasteiger partial charge in [0.15, 0.2) is 0 Å². The lowest BCUT2D eigenvalue weighted by Gasteiger charge is -2.18. The summed E-state index contributed by atoms with van der Waals surface area (Å²) in [6.07, 6.45) is 11.6. The van der Waals surface area contributed by atoms with Crippen molar-refractivity contribution in [3.8, 4) is 0 Å². The molecule has 0 saturated heterocycles. The Labute approximate surface area is 133 Å². The maximum atomic E-state index is 13.3. The molecule has 1 rings (SSSR count). The second kappa shape index (κ2) is 10.2. The van der Waals surface area contributed by atoms with Crippen molar-refractivity contribution in [1.29, 1.82) is 0 Å². The summed E-state index contributed by atoms with van der Waals surface area (Å²) in [7, 11) is 0. The molecule has 0 saturated carbocycles. The van der Waals surface area contributed by atoms with Crippen LogP contribution in [0.3, 0.4) is 0 Å². The van der Waals surface area contributed by atoms with Crippen LogP contribution in [0.4, 0.5) is 4.39 Å². The Morgan fingerprint density at radius 2 is 2.05 bits per heavy atom. The lowest BCUT2D eigenvalue weighted by molar-refractivity contribution is 0.177. The summed E-state index contributed by atoms with van der Waals surface area (Å²) in [6, 6.07) is 0. The number of allylic oxidation sites excluding steroid dienone is 8. The molecule has 1 aliphatic carbocycles. The fraction of sp³-hybridized carbons (Fsp3) is 0.474. The molecule has 2 nitrogen and oxygen atoms in total. The molecule has 0 aromatic rings. The Hall–Kier alpha value is -1.61. The minimum absolute atomic E-state index is 0.0888. The van der Waals surface area contributed by atoms with Crippen molar-refractivity contribution >= 4 is 0 Å². The van der Waals surface area contributed by atoms with Crippen LogP contribution in [0.1, 0.15) is 34.1 Å². The smallest absolute Gasteiger partial charge is 0.119 e. The number of rotatable bonds is 8. The van der Waals surface area contributed by atoms with E-state index in [1.807, 2.05) is 45.1 Å². The van der Waals surface area contributed by atoms with Gasteiger partial charge in [-0.15, -0.1) is 0 Å². The molecule has 122 valence electrons. The van der Waals surface area contributed by atoms with E-state index in [4.69, 9.17) is 9.47 Å². The van der Waals surface area contributed by atoms with Crippen LogP contribution in [-0.4, -0.2) is 19.8 Å². The monoisotopic (exact) mass is 306 g/mol. The van der Waals surface area contributed by atoms with Gasteiger partial charge in [-0.3, -0.25) is 0 Å². The average Bonchev–Trinajstić information content (AvgIpc) is 2.71. The lowest BCUT2D eigenvalue weighted by atomic mass is 9.96. The molecule has 0 amide bonds. The van der Waals surface area contributed by atoms with Crippen molar-refractivity contribution in [2.24, 2.45) is 5.92 Å². The highest BCUT2D eigenvalue weighted by atomic mass is 19.1. The Morgan fingerprint density at radius 3 is 2.73 bits per heavy atom. The van der Waals surface area contributed by atoms with Gasteiger partial charge in [-0.05, 0) is 56.6 Å². The SMILES string of the molecule is CCOC/C=C(C)\C=C(\OCC)C(C)C1=CCC=C(F)C=C1. The van der Waals surface area contributed by atoms with E-state index in [9.17, 15) is 4.39 Å². The second-order valence-electron chi connectivity index (χ2n) is 5.17. The Morgan fingerprint density at radius 1 is 1.27 bits per heavy atom. The normalized spacial score (nSPS) is 17.7. The van der Waals surface area contributed by atoms with Gasteiger partial charge in [0, 0.05) is 12.5 Å². The zero-order valence-corrected chi connectivity index (χ0v) is 14.1. The average molecular weight is 306 g/mol. The summed E-state index contributed by atoms with van der Waals surface area (Å²) >= 11 is 0. The first kappa shape index (κ1) is 18.4. The van der Waals surface area contributed by atoms with Gasteiger partial charge in [0.25, 0.3) is 0 Å². The van der Waals surface area contributed by atoms with Gasteiger partial charge in [-0.1, -0.05) is 25.2 Å². The first-order valence-electron chi connectivity index (χ1n) is 7.91. The molecule has 1 unspecified atom stereocenters. The van der Waals surface area contributed by atoms with Gasteiger partial charge in [-0.2, -0.15) is 0 Å². The molecule has 0 fully saturated rings. The van der Waals surface area contributed by atoms with Gasteiger partial charge >= 0.3 is 0 Å². The highest BCUT2D eigenvalue weighted by Gasteiger charge is 2.14. The van der Waals surface area contributed by atoms with Crippen molar-refractivity contribution in [2.75, 3.05) is 19.8 Å². The molecule has 0 spiro atoms. The van der Waals surface area contributed by atoms with Crippen LogP contribution in [0.25, 0.3) is 0 Å². The third-order valence-corrected chi connectivity index (χ3v) is 3.44. The van der Waals surface area contributed by atoms with E-state index in [0.717, 1.165) is 16.9 Å². The number of hydrogen-bond donors (Lipinski definition) is 0. The van der Waals surface area contributed by atoms with Crippen molar-refractivity contribution in [3.05, 3.63) is 59.2 Å². The maximum absolute atomic E-state index is 13.3. The minimum Gasteiger partial charge on any atom is -0.498 e. The first-order valence-corrected chi connectivity index (χ1v) is 7.91. The van der Waals surface area contributed by atoms with Gasteiger partial charge < -0.3 is 9.47 Å². The van der Waals surface area contributed by atoms with Crippen LogP contribution in [0.5, 0.6) is 0 Å². The van der Waals surface area contributed by atoms with E-state index in [1.165, 1.54) is 6.08 Å². The van der Waals surface area contributed by atoms with Crippen molar-refractivity contribution in [3.63, 3.8) is 0 Å². The third-order valence-electron chi connectivity index (χ3n) is 3.44. The highest BCUT2D eigenvalue weighted by Crippen LogP contribution is 2.26. The molecule has 0 aliphatic heterocycles. The second-order valence-corrected chi connectivity index (χ2v) is 5.17. The van der Waals surface area contributed by atoms with Gasteiger partial charge in [-0.25, -0.2) is 4.39 Å².